The largest absolute Gasteiger partial charge is 0.423 e. The van der Waals surface area contributed by atoms with E-state index >= 15 is 0 Å². The van der Waals surface area contributed by atoms with Crippen LogP contribution in [0.15, 0.2) is 41.1 Å². The van der Waals surface area contributed by atoms with Gasteiger partial charge in [-0.2, -0.15) is 4.98 Å². The number of fused-ring (bicyclic) bond motifs is 1. The fourth-order valence-corrected chi connectivity index (χ4v) is 1.55. The Labute approximate surface area is 102 Å². The number of hydrogen-bond donors (Lipinski definition) is 1. The first-order valence-corrected chi connectivity index (χ1v) is 5.37. The Hall–Kier alpha value is -2.50. The van der Waals surface area contributed by atoms with E-state index in [-0.39, 0.29) is 5.82 Å². The normalized spacial score (nSPS) is 10.7. The molecule has 3 rings (SSSR count). The zero-order valence-corrected chi connectivity index (χ0v) is 9.30. The van der Waals surface area contributed by atoms with E-state index in [1.807, 2.05) is 0 Å². The number of benzene rings is 1. The second-order valence-electron chi connectivity index (χ2n) is 3.65. The Kier molecular flexibility index (Phi) is 2.60. The highest BCUT2D eigenvalue weighted by Gasteiger charge is 2.06. The maximum absolute atomic E-state index is 13.0. The summed E-state index contributed by atoms with van der Waals surface area (Å²) in [6, 6.07) is 6.27. The molecule has 0 saturated carbocycles. The first kappa shape index (κ1) is 10.6. The molecule has 0 spiro atoms. The quantitative estimate of drug-likeness (QED) is 0.766. The zero-order chi connectivity index (χ0) is 12.4. The van der Waals surface area contributed by atoms with Crippen molar-refractivity contribution in [2.45, 2.75) is 6.54 Å². The third-order valence-electron chi connectivity index (χ3n) is 2.37. The van der Waals surface area contributed by atoms with Crippen LogP contribution in [0.1, 0.15) is 5.82 Å². The molecule has 0 atom stereocenters. The lowest BCUT2D eigenvalue weighted by molar-refractivity contribution is 0.598. The van der Waals surface area contributed by atoms with Crippen LogP contribution in [0.3, 0.4) is 0 Å². The molecule has 3 aromatic rings. The number of aromatic nitrogens is 3. The van der Waals surface area contributed by atoms with Crippen molar-refractivity contribution in [2.24, 2.45) is 0 Å². The molecule has 2 aromatic heterocycles. The number of rotatable bonds is 3. The van der Waals surface area contributed by atoms with Crippen LogP contribution in [-0.4, -0.2) is 15.0 Å². The van der Waals surface area contributed by atoms with Crippen LogP contribution in [0.25, 0.3) is 11.1 Å². The summed E-state index contributed by atoms with van der Waals surface area (Å²) in [7, 11) is 0. The highest BCUT2D eigenvalue weighted by molar-refractivity contribution is 5.74. The van der Waals surface area contributed by atoms with Crippen molar-refractivity contribution >= 4 is 17.1 Å². The third kappa shape index (κ3) is 2.13. The van der Waals surface area contributed by atoms with Crippen LogP contribution in [-0.2, 0) is 6.54 Å². The van der Waals surface area contributed by atoms with Gasteiger partial charge in [0.25, 0.3) is 6.01 Å². The van der Waals surface area contributed by atoms with Gasteiger partial charge in [-0.1, -0.05) is 0 Å². The molecule has 5 nitrogen and oxygen atoms in total. The monoisotopic (exact) mass is 244 g/mol. The Bertz CT molecular complexity index is 668. The number of hydrogen-bond acceptors (Lipinski definition) is 5. The predicted octanol–water partition coefficient (Wildman–Crippen LogP) is 2.37. The summed E-state index contributed by atoms with van der Waals surface area (Å²) in [4.78, 5) is 12.3. The minimum absolute atomic E-state index is 0.322. The Balaban J connectivity index is 1.79. The first-order chi connectivity index (χ1) is 8.81. The third-order valence-corrected chi connectivity index (χ3v) is 2.37. The number of oxazole rings is 1. The second kappa shape index (κ2) is 4.40. The van der Waals surface area contributed by atoms with Gasteiger partial charge in [0.2, 0.25) is 0 Å². The van der Waals surface area contributed by atoms with Gasteiger partial charge in [-0.15, -0.1) is 0 Å². The minimum Gasteiger partial charge on any atom is -0.423 e. The van der Waals surface area contributed by atoms with Gasteiger partial charge in [-0.05, 0) is 18.2 Å². The molecule has 0 fully saturated rings. The molecule has 0 aliphatic rings. The SMILES string of the molecule is Fc1ccc2nc(NCc3ncccn3)oc2c1. The number of nitrogens with zero attached hydrogens (tertiary/aromatic N) is 3. The van der Waals surface area contributed by atoms with Gasteiger partial charge in [0.05, 0.1) is 6.54 Å². The van der Waals surface area contributed by atoms with Crippen LogP contribution < -0.4 is 5.32 Å². The highest BCUT2D eigenvalue weighted by Crippen LogP contribution is 2.19. The van der Waals surface area contributed by atoms with Gasteiger partial charge in [0.15, 0.2) is 5.58 Å². The van der Waals surface area contributed by atoms with E-state index in [2.05, 4.69) is 20.3 Å². The topological polar surface area (TPSA) is 63.8 Å². The molecule has 6 heteroatoms. The van der Waals surface area contributed by atoms with Crippen molar-refractivity contribution < 1.29 is 8.81 Å². The Morgan fingerprint density at radius 3 is 2.89 bits per heavy atom. The van der Waals surface area contributed by atoms with Gasteiger partial charge in [0, 0.05) is 18.5 Å². The van der Waals surface area contributed by atoms with E-state index in [1.54, 1.807) is 24.5 Å². The summed E-state index contributed by atoms with van der Waals surface area (Å²) in [5.74, 6) is 0.280. The van der Waals surface area contributed by atoms with Crippen molar-refractivity contribution in [2.75, 3.05) is 5.32 Å². The number of anilines is 1. The lowest BCUT2D eigenvalue weighted by atomic mass is 10.3. The lowest BCUT2D eigenvalue weighted by Gasteiger charge is -1.98. The van der Waals surface area contributed by atoms with E-state index in [9.17, 15) is 4.39 Å². The molecule has 0 amide bonds. The Morgan fingerprint density at radius 2 is 2.06 bits per heavy atom. The average molecular weight is 244 g/mol. The van der Waals surface area contributed by atoms with Crippen molar-refractivity contribution in [1.82, 2.24) is 15.0 Å². The van der Waals surface area contributed by atoms with E-state index in [0.29, 0.717) is 29.5 Å². The Morgan fingerprint density at radius 1 is 1.22 bits per heavy atom. The van der Waals surface area contributed by atoms with Crippen LogP contribution in [0.5, 0.6) is 0 Å². The predicted molar refractivity (Wildman–Crippen MR) is 63.3 cm³/mol. The molecule has 0 bridgehead atoms. The molecule has 2 heterocycles. The van der Waals surface area contributed by atoms with E-state index in [4.69, 9.17) is 4.42 Å². The molecule has 90 valence electrons. The maximum atomic E-state index is 13.0. The summed E-state index contributed by atoms with van der Waals surface area (Å²) in [5, 5.41) is 2.94. The molecule has 0 aliphatic heterocycles. The van der Waals surface area contributed by atoms with Crippen molar-refractivity contribution in [3.05, 3.63) is 48.3 Å². The average Bonchev–Trinajstić information content (AvgIpc) is 2.79. The smallest absolute Gasteiger partial charge is 0.296 e. The van der Waals surface area contributed by atoms with E-state index < -0.39 is 0 Å². The fourth-order valence-electron chi connectivity index (χ4n) is 1.55. The molecular formula is C12H9FN4O. The summed E-state index contributed by atoms with van der Waals surface area (Å²) in [6.07, 6.45) is 3.32. The molecule has 0 radical (unpaired) electrons. The fraction of sp³-hybridized carbons (Fsp3) is 0.0833. The highest BCUT2D eigenvalue weighted by atomic mass is 19.1. The summed E-state index contributed by atoms with van der Waals surface area (Å²) in [5.41, 5.74) is 1.01. The van der Waals surface area contributed by atoms with Gasteiger partial charge >= 0.3 is 0 Å². The number of nitrogens with one attached hydrogen (secondary N) is 1. The van der Waals surface area contributed by atoms with Crippen LogP contribution in [0.4, 0.5) is 10.4 Å². The molecule has 0 saturated heterocycles. The minimum atomic E-state index is -0.350. The molecular weight excluding hydrogens is 235 g/mol. The van der Waals surface area contributed by atoms with Crippen LogP contribution >= 0.6 is 0 Å². The zero-order valence-electron chi connectivity index (χ0n) is 9.30. The first-order valence-electron chi connectivity index (χ1n) is 5.37. The summed E-state index contributed by atoms with van der Waals surface area (Å²) >= 11 is 0. The van der Waals surface area contributed by atoms with Gasteiger partial charge < -0.3 is 9.73 Å². The van der Waals surface area contributed by atoms with E-state index in [1.165, 1.54) is 12.1 Å². The van der Waals surface area contributed by atoms with Crippen molar-refractivity contribution in [3.8, 4) is 0 Å². The van der Waals surface area contributed by atoms with Crippen molar-refractivity contribution in [3.63, 3.8) is 0 Å². The molecule has 1 N–H and O–H groups in total. The lowest BCUT2D eigenvalue weighted by Crippen LogP contribution is -2.03. The molecule has 0 aliphatic carbocycles. The van der Waals surface area contributed by atoms with E-state index in [0.717, 1.165) is 0 Å². The summed E-state index contributed by atoms with van der Waals surface area (Å²) < 4.78 is 18.3. The molecule has 0 unspecified atom stereocenters. The van der Waals surface area contributed by atoms with Gasteiger partial charge in [-0.25, -0.2) is 14.4 Å². The summed E-state index contributed by atoms with van der Waals surface area (Å²) in [6.45, 7) is 0.399. The van der Waals surface area contributed by atoms with Crippen molar-refractivity contribution in [1.29, 1.82) is 0 Å². The van der Waals surface area contributed by atoms with Gasteiger partial charge in [0.1, 0.15) is 17.2 Å². The molecule has 1 aromatic carbocycles. The van der Waals surface area contributed by atoms with Crippen LogP contribution in [0.2, 0.25) is 0 Å². The number of halogens is 1. The second-order valence-corrected chi connectivity index (χ2v) is 3.65. The standard InChI is InChI=1S/C12H9FN4O/c13-8-2-3-9-10(6-8)18-12(17-9)16-7-11-14-4-1-5-15-11/h1-6H,7H2,(H,16,17). The maximum Gasteiger partial charge on any atom is 0.296 e. The molecule has 18 heavy (non-hydrogen) atoms. The van der Waals surface area contributed by atoms with Crippen LogP contribution in [0, 0.1) is 5.82 Å². The van der Waals surface area contributed by atoms with Gasteiger partial charge in [-0.3, -0.25) is 0 Å².